The molecule has 0 aliphatic carbocycles. The van der Waals surface area contributed by atoms with Gasteiger partial charge in [-0.15, -0.1) is 15.3 Å². The number of tetrazole rings is 1. The SMILES string of the molecule is Cc1nnc(NC(=O)CSc2nnnn2-c2c(C)cccc2C)s1. The van der Waals surface area contributed by atoms with Crippen molar-refractivity contribution in [1.82, 2.24) is 30.4 Å². The fourth-order valence-corrected chi connectivity index (χ4v) is 3.47. The number of carbonyl (C=O) groups excluding carboxylic acids is 1. The van der Waals surface area contributed by atoms with E-state index in [-0.39, 0.29) is 11.7 Å². The van der Waals surface area contributed by atoms with Crippen molar-refractivity contribution in [1.29, 1.82) is 0 Å². The number of benzene rings is 1. The summed E-state index contributed by atoms with van der Waals surface area (Å²) < 4.78 is 1.66. The smallest absolute Gasteiger partial charge is 0.236 e. The van der Waals surface area contributed by atoms with Crippen LogP contribution in [-0.2, 0) is 4.79 Å². The summed E-state index contributed by atoms with van der Waals surface area (Å²) >= 11 is 2.61. The van der Waals surface area contributed by atoms with Crippen LogP contribution in [0.2, 0.25) is 0 Å². The van der Waals surface area contributed by atoms with Crippen molar-refractivity contribution in [3.63, 3.8) is 0 Å². The fourth-order valence-electron chi connectivity index (χ4n) is 2.18. The van der Waals surface area contributed by atoms with E-state index in [0.717, 1.165) is 21.8 Å². The number of aromatic nitrogens is 6. The van der Waals surface area contributed by atoms with E-state index in [1.807, 2.05) is 39.0 Å². The Morgan fingerprint density at radius 1 is 1.21 bits per heavy atom. The zero-order chi connectivity index (χ0) is 17.1. The lowest BCUT2D eigenvalue weighted by Gasteiger charge is -2.10. The van der Waals surface area contributed by atoms with Crippen molar-refractivity contribution in [2.24, 2.45) is 0 Å². The minimum atomic E-state index is -0.174. The van der Waals surface area contributed by atoms with E-state index in [0.29, 0.717) is 10.3 Å². The first-order chi connectivity index (χ1) is 11.5. The number of para-hydroxylation sites is 1. The van der Waals surface area contributed by atoms with E-state index in [9.17, 15) is 4.79 Å². The summed E-state index contributed by atoms with van der Waals surface area (Å²) in [6.07, 6.45) is 0. The first kappa shape index (κ1) is 16.5. The number of anilines is 1. The summed E-state index contributed by atoms with van der Waals surface area (Å²) in [6, 6.07) is 5.99. The van der Waals surface area contributed by atoms with Crippen molar-refractivity contribution in [2.75, 3.05) is 11.1 Å². The van der Waals surface area contributed by atoms with Crippen LogP contribution in [-0.4, -0.2) is 42.1 Å². The second-order valence-corrected chi connectivity index (χ2v) is 7.20. The molecule has 3 rings (SSSR count). The van der Waals surface area contributed by atoms with Crippen molar-refractivity contribution in [3.05, 3.63) is 34.3 Å². The van der Waals surface area contributed by atoms with Gasteiger partial charge >= 0.3 is 0 Å². The first-order valence-electron chi connectivity index (χ1n) is 7.12. The maximum absolute atomic E-state index is 12.0. The van der Waals surface area contributed by atoms with Crippen LogP contribution in [0.4, 0.5) is 5.13 Å². The van der Waals surface area contributed by atoms with Gasteiger partial charge < -0.3 is 0 Å². The Bertz CT molecular complexity index is 853. The van der Waals surface area contributed by atoms with E-state index in [4.69, 9.17) is 0 Å². The molecule has 124 valence electrons. The van der Waals surface area contributed by atoms with Gasteiger partial charge in [-0.2, -0.15) is 4.68 Å². The van der Waals surface area contributed by atoms with Crippen molar-refractivity contribution < 1.29 is 4.79 Å². The number of hydrogen-bond acceptors (Lipinski definition) is 8. The predicted molar refractivity (Wildman–Crippen MR) is 92.6 cm³/mol. The second kappa shape index (κ2) is 7.05. The van der Waals surface area contributed by atoms with Crippen LogP contribution in [0, 0.1) is 20.8 Å². The largest absolute Gasteiger partial charge is 0.300 e. The number of aryl methyl sites for hydroxylation is 3. The Kier molecular flexibility index (Phi) is 4.86. The number of carbonyl (C=O) groups is 1. The van der Waals surface area contributed by atoms with Gasteiger partial charge in [0, 0.05) is 0 Å². The van der Waals surface area contributed by atoms with E-state index >= 15 is 0 Å². The number of amides is 1. The van der Waals surface area contributed by atoms with E-state index < -0.39 is 0 Å². The zero-order valence-corrected chi connectivity index (χ0v) is 15.0. The summed E-state index contributed by atoms with van der Waals surface area (Å²) in [6.45, 7) is 5.84. The van der Waals surface area contributed by atoms with Crippen LogP contribution in [0.1, 0.15) is 16.1 Å². The highest BCUT2D eigenvalue weighted by Gasteiger charge is 2.15. The van der Waals surface area contributed by atoms with Gasteiger partial charge in [0.25, 0.3) is 0 Å². The second-order valence-electron chi connectivity index (χ2n) is 5.08. The molecule has 1 N–H and O–H groups in total. The van der Waals surface area contributed by atoms with Crippen LogP contribution < -0.4 is 5.32 Å². The Morgan fingerprint density at radius 2 is 1.96 bits per heavy atom. The molecule has 10 heteroatoms. The molecule has 24 heavy (non-hydrogen) atoms. The molecule has 0 unspecified atom stereocenters. The molecule has 3 aromatic rings. The topological polar surface area (TPSA) is 98.5 Å². The molecule has 0 spiro atoms. The average Bonchev–Trinajstić information content (AvgIpc) is 3.14. The molecule has 0 saturated carbocycles. The highest BCUT2D eigenvalue weighted by molar-refractivity contribution is 7.99. The highest BCUT2D eigenvalue weighted by Crippen LogP contribution is 2.23. The summed E-state index contributed by atoms with van der Waals surface area (Å²) in [5, 5.41) is 24.1. The third kappa shape index (κ3) is 3.60. The van der Waals surface area contributed by atoms with Crippen molar-refractivity contribution >= 4 is 34.1 Å². The molecule has 0 radical (unpaired) electrons. The van der Waals surface area contributed by atoms with Gasteiger partial charge in [-0.25, -0.2) is 0 Å². The first-order valence-corrected chi connectivity index (χ1v) is 8.92. The number of rotatable bonds is 5. The van der Waals surface area contributed by atoms with Gasteiger partial charge in [-0.3, -0.25) is 10.1 Å². The van der Waals surface area contributed by atoms with Crippen molar-refractivity contribution in [3.8, 4) is 5.69 Å². The average molecular weight is 361 g/mol. The van der Waals surface area contributed by atoms with E-state index in [2.05, 4.69) is 31.0 Å². The molecule has 0 saturated heterocycles. The van der Waals surface area contributed by atoms with Crippen LogP contribution in [0.5, 0.6) is 0 Å². The molecule has 1 amide bonds. The van der Waals surface area contributed by atoms with E-state index in [1.165, 1.54) is 23.1 Å². The fraction of sp³-hybridized carbons (Fsp3) is 0.286. The molecular weight excluding hydrogens is 346 g/mol. The maximum atomic E-state index is 12.0. The van der Waals surface area contributed by atoms with Gasteiger partial charge in [0.2, 0.25) is 16.2 Å². The summed E-state index contributed by atoms with van der Waals surface area (Å²) in [4.78, 5) is 12.0. The van der Waals surface area contributed by atoms with Crippen LogP contribution >= 0.6 is 23.1 Å². The van der Waals surface area contributed by atoms with Gasteiger partial charge in [0.05, 0.1) is 11.4 Å². The quantitative estimate of drug-likeness (QED) is 0.695. The number of thioether (sulfide) groups is 1. The molecule has 0 atom stereocenters. The maximum Gasteiger partial charge on any atom is 0.236 e. The molecule has 0 aliphatic rings. The van der Waals surface area contributed by atoms with Crippen molar-refractivity contribution in [2.45, 2.75) is 25.9 Å². The van der Waals surface area contributed by atoms with Gasteiger partial charge in [-0.05, 0) is 42.3 Å². The summed E-state index contributed by atoms with van der Waals surface area (Å²) in [5.74, 6) is 0.0106. The highest BCUT2D eigenvalue weighted by atomic mass is 32.2. The normalized spacial score (nSPS) is 10.8. The van der Waals surface area contributed by atoms with Gasteiger partial charge in [0.15, 0.2) is 0 Å². The van der Waals surface area contributed by atoms with Crippen LogP contribution in [0.15, 0.2) is 23.4 Å². The monoisotopic (exact) mass is 361 g/mol. The molecule has 0 bridgehead atoms. The van der Waals surface area contributed by atoms with Crippen LogP contribution in [0.25, 0.3) is 5.69 Å². The summed E-state index contributed by atoms with van der Waals surface area (Å²) in [5.41, 5.74) is 3.07. The van der Waals surface area contributed by atoms with E-state index in [1.54, 1.807) is 4.68 Å². The lowest BCUT2D eigenvalue weighted by atomic mass is 10.1. The van der Waals surface area contributed by atoms with Crippen LogP contribution in [0.3, 0.4) is 0 Å². The van der Waals surface area contributed by atoms with Gasteiger partial charge in [-0.1, -0.05) is 41.3 Å². The lowest BCUT2D eigenvalue weighted by Crippen LogP contribution is -2.14. The number of hydrogen-bond donors (Lipinski definition) is 1. The third-order valence-corrected chi connectivity index (χ3v) is 4.87. The number of nitrogens with zero attached hydrogens (tertiary/aromatic N) is 6. The molecule has 0 aliphatic heterocycles. The molecule has 2 aromatic heterocycles. The molecule has 2 heterocycles. The third-order valence-electron chi connectivity index (χ3n) is 3.20. The molecule has 8 nitrogen and oxygen atoms in total. The Hall–Kier alpha value is -2.33. The lowest BCUT2D eigenvalue weighted by molar-refractivity contribution is -0.113. The minimum Gasteiger partial charge on any atom is -0.300 e. The summed E-state index contributed by atoms with van der Waals surface area (Å²) in [7, 11) is 0. The molecule has 0 fully saturated rings. The Labute approximate surface area is 146 Å². The standard InChI is InChI=1S/C14H15N7OS2/c1-8-5-4-6-9(2)12(8)21-14(18-19-20-21)23-7-11(22)15-13-17-16-10(3)24-13/h4-6H,7H2,1-3H3,(H,15,17,22). The Morgan fingerprint density at radius 3 is 2.62 bits per heavy atom. The predicted octanol–water partition coefficient (Wildman–Crippen LogP) is 2.17. The number of nitrogens with one attached hydrogen (secondary N) is 1. The Balaban J connectivity index is 1.71. The minimum absolute atomic E-state index is 0.174. The van der Waals surface area contributed by atoms with Gasteiger partial charge in [0.1, 0.15) is 5.01 Å². The molecule has 1 aromatic carbocycles. The zero-order valence-electron chi connectivity index (χ0n) is 13.3. The molecular formula is C14H15N7OS2.